The first-order valence-corrected chi connectivity index (χ1v) is 3.16. The third-order valence-corrected chi connectivity index (χ3v) is 1.30. The SMILES string of the molecule is Cl.N[C@@H](Cc1c[nH]cn1)C(=O)O.[HH]. The zero-order valence-electron chi connectivity index (χ0n) is 6.23. The number of carbonyl (C=O) groups is 1. The number of H-pyrrole nitrogens is 1. The molecule has 1 aromatic heterocycles. The van der Waals surface area contributed by atoms with Crippen LogP contribution in [0.5, 0.6) is 0 Å². The minimum Gasteiger partial charge on any atom is -0.480 e. The van der Waals surface area contributed by atoms with Crippen LogP contribution in [-0.2, 0) is 11.2 Å². The van der Waals surface area contributed by atoms with Crippen LogP contribution in [0.25, 0.3) is 0 Å². The first-order valence-electron chi connectivity index (χ1n) is 3.16. The number of hydrogen-bond acceptors (Lipinski definition) is 3. The summed E-state index contributed by atoms with van der Waals surface area (Å²) in [5.74, 6) is -1.01. The molecule has 1 aromatic rings. The van der Waals surface area contributed by atoms with Crippen LogP contribution in [0.15, 0.2) is 12.5 Å². The van der Waals surface area contributed by atoms with Crippen LogP contribution in [0.1, 0.15) is 7.12 Å². The van der Waals surface area contributed by atoms with Crippen molar-refractivity contribution >= 4 is 18.4 Å². The van der Waals surface area contributed by atoms with Gasteiger partial charge in [0.2, 0.25) is 0 Å². The second kappa shape index (κ2) is 4.74. The standard InChI is InChI=1S/C6H9N3O2.ClH.H2/c7-5(6(10)11)1-4-2-8-3-9-4;;/h2-3,5H,1,7H2,(H,8,9)(H,10,11);2*1H/t5-;;/m0../s1. The molecule has 0 spiro atoms. The van der Waals surface area contributed by atoms with E-state index in [4.69, 9.17) is 10.8 Å². The van der Waals surface area contributed by atoms with Gasteiger partial charge in [-0.1, -0.05) is 0 Å². The fraction of sp³-hybridized carbons (Fsp3) is 0.333. The maximum Gasteiger partial charge on any atom is 0.320 e. The lowest BCUT2D eigenvalue weighted by molar-refractivity contribution is -0.138. The van der Waals surface area contributed by atoms with Crippen molar-refractivity contribution in [2.75, 3.05) is 0 Å². The monoisotopic (exact) mass is 193 g/mol. The molecule has 0 fully saturated rings. The molecule has 0 aliphatic carbocycles. The molecule has 0 unspecified atom stereocenters. The third kappa shape index (κ3) is 2.89. The van der Waals surface area contributed by atoms with E-state index in [0.29, 0.717) is 5.69 Å². The van der Waals surface area contributed by atoms with E-state index >= 15 is 0 Å². The molecule has 0 aromatic carbocycles. The molecule has 70 valence electrons. The number of rotatable bonds is 3. The minimum atomic E-state index is -1.01. The number of hydrogen-bond donors (Lipinski definition) is 3. The Morgan fingerprint density at radius 2 is 2.58 bits per heavy atom. The van der Waals surface area contributed by atoms with E-state index < -0.39 is 12.0 Å². The second-order valence-electron chi connectivity index (χ2n) is 2.21. The van der Waals surface area contributed by atoms with E-state index in [1.54, 1.807) is 6.20 Å². The quantitative estimate of drug-likeness (QED) is 0.632. The minimum absolute atomic E-state index is 0. The molecule has 1 heterocycles. The van der Waals surface area contributed by atoms with Crippen molar-refractivity contribution in [1.29, 1.82) is 0 Å². The van der Waals surface area contributed by atoms with Gasteiger partial charge in [0.15, 0.2) is 0 Å². The highest BCUT2D eigenvalue weighted by atomic mass is 35.5. The number of aliphatic carboxylic acids is 1. The largest absolute Gasteiger partial charge is 0.480 e. The second-order valence-corrected chi connectivity index (χ2v) is 2.21. The van der Waals surface area contributed by atoms with Gasteiger partial charge >= 0.3 is 5.97 Å². The van der Waals surface area contributed by atoms with Gasteiger partial charge in [-0.15, -0.1) is 12.4 Å². The summed E-state index contributed by atoms with van der Waals surface area (Å²) in [5, 5.41) is 8.42. The Balaban J connectivity index is 0. The maximum absolute atomic E-state index is 10.3. The van der Waals surface area contributed by atoms with E-state index in [-0.39, 0.29) is 20.3 Å². The van der Waals surface area contributed by atoms with Crippen LogP contribution in [0.3, 0.4) is 0 Å². The molecule has 0 saturated heterocycles. The molecule has 12 heavy (non-hydrogen) atoms. The molecule has 0 aliphatic rings. The number of aromatic nitrogens is 2. The van der Waals surface area contributed by atoms with Crippen LogP contribution >= 0.6 is 12.4 Å². The fourth-order valence-electron chi connectivity index (χ4n) is 0.715. The van der Waals surface area contributed by atoms with Crippen molar-refractivity contribution in [2.45, 2.75) is 12.5 Å². The smallest absolute Gasteiger partial charge is 0.320 e. The van der Waals surface area contributed by atoms with Crippen LogP contribution in [0, 0.1) is 0 Å². The highest BCUT2D eigenvalue weighted by molar-refractivity contribution is 5.85. The Bertz CT molecular complexity index is 242. The number of nitrogens with one attached hydrogen (secondary N) is 1. The number of nitrogens with two attached hydrogens (primary N) is 1. The third-order valence-electron chi connectivity index (χ3n) is 1.30. The lowest BCUT2D eigenvalue weighted by Gasteiger charge is -2.01. The summed E-state index contributed by atoms with van der Waals surface area (Å²) in [4.78, 5) is 16.8. The van der Waals surface area contributed by atoms with Crippen LogP contribution in [-0.4, -0.2) is 27.1 Å². The van der Waals surface area contributed by atoms with E-state index in [1.807, 2.05) is 0 Å². The molecule has 5 nitrogen and oxygen atoms in total. The van der Waals surface area contributed by atoms with Crippen molar-refractivity contribution in [2.24, 2.45) is 5.73 Å². The van der Waals surface area contributed by atoms with Gasteiger partial charge in [-0.2, -0.15) is 0 Å². The van der Waals surface area contributed by atoms with Gasteiger partial charge in [-0.05, 0) is 0 Å². The summed E-state index contributed by atoms with van der Waals surface area (Å²) < 4.78 is 0. The molecular weight excluding hydrogens is 182 g/mol. The highest BCUT2D eigenvalue weighted by Crippen LogP contribution is 1.95. The summed E-state index contributed by atoms with van der Waals surface area (Å²) >= 11 is 0. The average Bonchev–Trinajstić information content (AvgIpc) is 2.39. The lowest BCUT2D eigenvalue weighted by atomic mass is 10.2. The van der Waals surface area contributed by atoms with Gasteiger partial charge in [0.25, 0.3) is 0 Å². The average molecular weight is 194 g/mol. The summed E-state index contributed by atoms with van der Waals surface area (Å²) in [7, 11) is 0. The van der Waals surface area contributed by atoms with Crippen LogP contribution in [0.4, 0.5) is 0 Å². The molecule has 1 atom stereocenters. The zero-order chi connectivity index (χ0) is 8.27. The van der Waals surface area contributed by atoms with E-state index in [2.05, 4.69) is 9.97 Å². The number of nitrogens with zero attached hydrogens (tertiary/aromatic N) is 1. The zero-order valence-corrected chi connectivity index (χ0v) is 7.04. The van der Waals surface area contributed by atoms with Gasteiger partial charge in [0.1, 0.15) is 6.04 Å². The van der Waals surface area contributed by atoms with Gasteiger partial charge in [0, 0.05) is 14.0 Å². The van der Waals surface area contributed by atoms with E-state index in [1.165, 1.54) is 6.33 Å². The first-order chi connectivity index (χ1) is 5.20. The number of carboxylic acid groups (broad SMARTS) is 1. The Kier molecular flexibility index (Phi) is 4.31. The Labute approximate surface area is 76.9 Å². The topological polar surface area (TPSA) is 92.0 Å². The van der Waals surface area contributed by atoms with Crippen molar-refractivity contribution in [3.63, 3.8) is 0 Å². The molecular formula is C6H12ClN3O2. The first kappa shape index (κ1) is 10.9. The molecule has 0 amide bonds. The van der Waals surface area contributed by atoms with Crippen LogP contribution < -0.4 is 5.73 Å². The summed E-state index contributed by atoms with van der Waals surface area (Å²) in [5.41, 5.74) is 5.92. The summed E-state index contributed by atoms with van der Waals surface area (Å²) in [6, 6.07) is -0.863. The Morgan fingerprint density at radius 3 is 3.00 bits per heavy atom. The number of imidazole rings is 1. The molecule has 0 saturated carbocycles. The summed E-state index contributed by atoms with van der Waals surface area (Å²) in [6.07, 6.45) is 3.38. The Morgan fingerprint density at radius 1 is 1.92 bits per heavy atom. The predicted molar refractivity (Wildman–Crippen MR) is 47.3 cm³/mol. The van der Waals surface area contributed by atoms with Crippen molar-refractivity contribution in [1.82, 2.24) is 9.97 Å². The van der Waals surface area contributed by atoms with Crippen molar-refractivity contribution < 1.29 is 11.3 Å². The molecule has 4 N–H and O–H groups in total. The normalized spacial score (nSPS) is 11.8. The fourth-order valence-corrected chi connectivity index (χ4v) is 0.715. The van der Waals surface area contributed by atoms with Gasteiger partial charge in [0.05, 0.1) is 12.0 Å². The highest BCUT2D eigenvalue weighted by Gasteiger charge is 2.12. The molecule has 0 bridgehead atoms. The van der Waals surface area contributed by atoms with Crippen molar-refractivity contribution in [3.8, 4) is 0 Å². The lowest BCUT2D eigenvalue weighted by Crippen LogP contribution is -2.32. The van der Waals surface area contributed by atoms with Crippen molar-refractivity contribution in [3.05, 3.63) is 18.2 Å². The van der Waals surface area contributed by atoms with Gasteiger partial charge in [-0.3, -0.25) is 4.79 Å². The Hall–Kier alpha value is -1.07. The predicted octanol–water partition coefficient (Wildman–Crippen LogP) is 0.0319. The van der Waals surface area contributed by atoms with E-state index in [0.717, 1.165) is 0 Å². The number of halogens is 1. The molecule has 6 heteroatoms. The summed E-state index contributed by atoms with van der Waals surface area (Å²) in [6.45, 7) is 0. The number of carboxylic acids is 1. The molecule has 0 aliphatic heterocycles. The van der Waals surface area contributed by atoms with Gasteiger partial charge < -0.3 is 15.8 Å². The molecule has 1 rings (SSSR count). The van der Waals surface area contributed by atoms with Gasteiger partial charge in [-0.25, -0.2) is 4.98 Å². The van der Waals surface area contributed by atoms with Crippen LogP contribution in [0.2, 0.25) is 0 Å². The van der Waals surface area contributed by atoms with E-state index in [9.17, 15) is 4.79 Å². The molecule has 0 radical (unpaired) electrons. The number of aromatic amines is 1. The maximum atomic E-state index is 10.3.